The number of hydrogen-bond donors (Lipinski definition) is 0. The summed E-state index contributed by atoms with van der Waals surface area (Å²) in [7, 11) is 1.61. The van der Waals surface area contributed by atoms with Crippen molar-refractivity contribution >= 4 is 0 Å². The van der Waals surface area contributed by atoms with Gasteiger partial charge in [-0.05, 0) is 30.3 Å². The molecular weight excluding hydrogens is 375 g/mol. The summed E-state index contributed by atoms with van der Waals surface area (Å²) in [6.45, 7) is 0.733. The van der Waals surface area contributed by atoms with Crippen LogP contribution in [0.1, 0.15) is 17.4 Å². The maximum absolute atomic E-state index is 14.1. The van der Waals surface area contributed by atoms with Crippen LogP contribution in [0.15, 0.2) is 59.4 Å². The summed E-state index contributed by atoms with van der Waals surface area (Å²) in [4.78, 5) is 8.89. The van der Waals surface area contributed by atoms with Gasteiger partial charge in [-0.2, -0.15) is 4.98 Å². The Hall–Kier alpha value is -3.52. The Labute approximate surface area is 165 Å². The van der Waals surface area contributed by atoms with Gasteiger partial charge >= 0.3 is 0 Å². The molecule has 1 atom stereocenters. The highest BCUT2D eigenvalue weighted by atomic mass is 19.1. The summed E-state index contributed by atoms with van der Waals surface area (Å²) in [5.74, 6) is 1.26. The van der Waals surface area contributed by atoms with E-state index in [0.717, 1.165) is 17.0 Å². The first kappa shape index (κ1) is 17.6. The summed E-state index contributed by atoms with van der Waals surface area (Å²) < 4.78 is 32.5. The van der Waals surface area contributed by atoms with Gasteiger partial charge in [0.1, 0.15) is 17.7 Å². The third kappa shape index (κ3) is 3.17. The van der Waals surface area contributed by atoms with Gasteiger partial charge in [-0.25, -0.2) is 9.37 Å². The highest BCUT2D eigenvalue weighted by Crippen LogP contribution is 2.32. The molecule has 0 aliphatic carbocycles. The van der Waals surface area contributed by atoms with E-state index in [2.05, 4.69) is 15.1 Å². The molecule has 0 radical (unpaired) electrons. The fourth-order valence-electron chi connectivity index (χ4n) is 3.41. The van der Waals surface area contributed by atoms with Crippen LogP contribution in [0.4, 0.5) is 4.39 Å². The highest BCUT2D eigenvalue weighted by Gasteiger charge is 2.27. The number of fused-ring (bicyclic) bond motifs is 1. The molecule has 2 aromatic carbocycles. The smallest absolute Gasteiger partial charge is 0.278 e. The van der Waals surface area contributed by atoms with Gasteiger partial charge in [0.15, 0.2) is 5.69 Å². The first-order chi connectivity index (χ1) is 14.2. The molecule has 146 valence electrons. The average molecular weight is 392 g/mol. The number of benzene rings is 2. The molecule has 8 heteroatoms. The molecule has 0 spiro atoms. The van der Waals surface area contributed by atoms with Crippen LogP contribution in [0.5, 0.6) is 5.75 Å². The highest BCUT2D eigenvalue weighted by molar-refractivity contribution is 5.59. The minimum absolute atomic E-state index is 0.272. The van der Waals surface area contributed by atoms with Gasteiger partial charge in [0.25, 0.3) is 5.89 Å². The molecule has 0 saturated heterocycles. The number of rotatable bonds is 4. The molecule has 3 heterocycles. The molecular formula is C21H17FN4O3. The summed E-state index contributed by atoms with van der Waals surface area (Å²) in [6, 6.07) is 14.0. The van der Waals surface area contributed by atoms with Crippen LogP contribution in [0.25, 0.3) is 23.0 Å². The van der Waals surface area contributed by atoms with Crippen LogP contribution in [-0.2, 0) is 17.9 Å². The number of methoxy groups -OCH3 is 1. The van der Waals surface area contributed by atoms with Crippen LogP contribution >= 0.6 is 0 Å². The van der Waals surface area contributed by atoms with Gasteiger partial charge in [0.2, 0.25) is 5.82 Å². The van der Waals surface area contributed by atoms with Crippen LogP contribution in [-0.4, -0.2) is 26.8 Å². The lowest BCUT2D eigenvalue weighted by atomic mass is 10.1. The lowest BCUT2D eigenvalue weighted by Gasteiger charge is -2.25. The Balaban J connectivity index is 1.41. The van der Waals surface area contributed by atoms with E-state index in [1.165, 1.54) is 6.07 Å². The summed E-state index contributed by atoms with van der Waals surface area (Å²) in [5.41, 5.74) is 2.74. The molecule has 1 aliphatic heterocycles. The second-order valence-corrected chi connectivity index (χ2v) is 6.67. The average Bonchev–Trinajstić information content (AvgIpc) is 3.41. The first-order valence-electron chi connectivity index (χ1n) is 9.11. The Morgan fingerprint density at radius 1 is 1.14 bits per heavy atom. The van der Waals surface area contributed by atoms with Crippen molar-refractivity contribution < 1.29 is 18.4 Å². The summed E-state index contributed by atoms with van der Waals surface area (Å²) in [6.07, 6.45) is 1.32. The van der Waals surface area contributed by atoms with E-state index in [1.54, 1.807) is 31.6 Å². The molecule has 0 amide bonds. The van der Waals surface area contributed by atoms with Crippen LogP contribution in [0.3, 0.4) is 0 Å². The molecule has 0 saturated carbocycles. The predicted molar refractivity (Wildman–Crippen MR) is 101 cm³/mol. The molecule has 0 fully saturated rings. The van der Waals surface area contributed by atoms with Gasteiger partial charge in [0, 0.05) is 11.1 Å². The normalized spacial score (nSPS) is 15.9. The fourth-order valence-corrected chi connectivity index (χ4v) is 3.41. The Morgan fingerprint density at radius 3 is 2.76 bits per heavy atom. The maximum atomic E-state index is 14.1. The van der Waals surface area contributed by atoms with E-state index < -0.39 is 0 Å². The van der Waals surface area contributed by atoms with Crippen molar-refractivity contribution in [2.24, 2.45) is 0 Å². The first-order valence-corrected chi connectivity index (χ1v) is 9.11. The monoisotopic (exact) mass is 392 g/mol. The predicted octanol–water partition coefficient (Wildman–Crippen LogP) is 4.02. The second kappa shape index (κ2) is 7.14. The Morgan fingerprint density at radius 2 is 1.97 bits per heavy atom. The third-order valence-corrected chi connectivity index (χ3v) is 4.96. The van der Waals surface area contributed by atoms with Gasteiger partial charge in [-0.1, -0.05) is 23.4 Å². The SMILES string of the molecule is COc1ccc(-c2noc(-c3ncn4c3COC(c3ccccc3F)C4)n2)cc1. The number of halogens is 1. The van der Waals surface area contributed by atoms with E-state index in [4.69, 9.17) is 14.0 Å². The maximum Gasteiger partial charge on any atom is 0.278 e. The Bertz CT molecular complexity index is 1150. The molecule has 29 heavy (non-hydrogen) atoms. The zero-order valence-electron chi connectivity index (χ0n) is 15.6. The topological polar surface area (TPSA) is 75.2 Å². The van der Waals surface area contributed by atoms with E-state index in [0.29, 0.717) is 29.5 Å². The lowest BCUT2D eigenvalue weighted by Crippen LogP contribution is -2.21. The number of imidazole rings is 1. The minimum atomic E-state index is -0.372. The fraction of sp³-hybridized carbons (Fsp3) is 0.190. The van der Waals surface area contributed by atoms with Crippen LogP contribution in [0.2, 0.25) is 0 Å². The molecule has 2 aromatic heterocycles. The third-order valence-electron chi connectivity index (χ3n) is 4.96. The molecule has 7 nitrogen and oxygen atoms in total. The van der Waals surface area contributed by atoms with Crippen molar-refractivity contribution in [2.45, 2.75) is 19.3 Å². The van der Waals surface area contributed by atoms with Crippen LogP contribution < -0.4 is 4.74 Å². The molecule has 4 aromatic rings. The molecule has 0 bridgehead atoms. The van der Waals surface area contributed by atoms with Crippen molar-refractivity contribution in [3.05, 3.63) is 71.9 Å². The van der Waals surface area contributed by atoms with Crippen molar-refractivity contribution in [3.63, 3.8) is 0 Å². The Kier molecular flexibility index (Phi) is 4.33. The minimum Gasteiger partial charge on any atom is -0.497 e. The molecule has 1 aliphatic rings. The summed E-state index contributed by atoms with van der Waals surface area (Å²) >= 11 is 0. The molecule has 0 N–H and O–H groups in total. The number of aromatic nitrogens is 4. The number of hydrogen-bond acceptors (Lipinski definition) is 6. The van der Waals surface area contributed by atoms with E-state index in [-0.39, 0.29) is 18.5 Å². The molecule has 1 unspecified atom stereocenters. The number of ether oxygens (including phenoxy) is 2. The zero-order chi connectivity index (χ0) is 19.8. The molecule has 5 rings (SSSR count). The van der Waals surface area contributed by atoms with E-state index >= 15 is 0 Å². The van der Waals surface area contributed by atoms with Crippen molar-refractivity contribution in [1.29, 1.82) is 0 Å². The van der Waals surface area contributed by atoms with E-state index in [9.17, 15) is 4.39 Å². The second-order valence-electron chi connectivity index (χ2n) is 6.67. The van der Waals surface area contributed by atoms with Crippen molar-refractivity contribution in [1.82, 2.24) is 19.7 Å². The van der Waals surface area contributed by atoms with Gasteiger partial charge < -0.3 is 18.6 Å². The van der Waals surface area contributed by atoms with E-state index in [1.807, 2.05) is 28.8 Å². The largest absolute Gasteiger partial charge is 0.497 e. The van der Waals surface area contributed by atoms with Crippen LogP contribution in [0, 0.1) is 5.82 Å². The van der Waals surface area contributed by atoms with Crippen molar-refractivity contribution in [2.75, 3.05) is 7.11 Å². The zero-order valence-corrected chi connectivity index (χ0v) is 15.6. The van der Waals surface area contributed by atoms with Gasteiger partial charge in [0.05, 0.1) is 32.3 Å². The van der Waals surface area contributed by atoms with Gasteiger partial charge in [-0.15, -0.1) is 0 Å². The number of nitrogens with zero attached hydrogens (tertiary/aromatic N) is 4. The summed E-state index contributed by atoms with van der Waals surface area (Å²) in [5, 5.41) is 4.05. The standard InChI is InChI=1S/C21H17FN4O3/c1-27-14-8-6-13(7-9-14)20-24-21(29-25-20)19-17-11-28-18(10-26(17)12-23-19)15-4-2-3-5-16(15)22/h2-9,12,18H,10-11H2,1H3. The van der Waals surface area contributed by atoms with Gasteiger partial charge in [-0.3, -0.25) is 0 Å². The van der Waals surface area contributed by atoms with Crippen molar-refractivity contribution in [3.8, 4) is 28.7 Å². The quantitative estimate of drug-likeness (QED) is 0.522. The lowest BCUT2D eigenvalue weighted by molar-refractivity contribution is 0.00126.